The fourth-order valence-corrected chi connectivity index (χ4v) is 3.79. The summed E-state index contributed by atoms with van der Waals surface area (Å²) in [7, 11) is 0. The van der Waals surface area contributed by atoms with E-state index in [1.54, 1.807) is 49.2 Å². The molecule has 7 heteroatoms. The molecule has 1 aliphatic rings. The number of rotatable bonds is 5. The predicted octanol–water partition coefficient (Wildman–Crippen LogP) is 2.65. The van der Waals surface area contributed by atoms with Gasteiger partial charge in [-0.25, -0.2) is 9.37 Å². The summed E-state index contributed by atoms with van der Waals surface area (Å²) >= 11 is 0. The monoisotopic (exact) mass is 380 g/mol. The maximum atomic E-state index is 14.5. The lowest BCUT2D eigenvalue weighted by molar-refractivity contribution is 0.0872. The Morgan fingerprint density at radius 2 is 2.00 bits per heavy atom. The normalized spacial score (nSPS) is 21.6. The van der Waals surface area contributed by atoms with Crippen molar-refractivity contribution in [2.75, 3.05) is 0 Å². The molecule has 2 heterocycles. The van der Waals surface area contributed by atoms with Gasteiger partial charge in [-0.3, -0.25) is 9.78 Å². The van der Waals surface area contributed by atoms with Crippen molar-refractivity contribution in [1.29, 1.82) is 0 Å². The molecule has 0 spiro atoms. The SMILES string of the molecule is O=C(N[C@@H]1CC(Cn2ccnc2)C[C@H]1O)c1ccc(-c2ccncc2)c(F)c1. The van der Waals surface area contributed by atoms with Crippen molar-refractivity contribution in [3.8, 4) is 11.1 Å². The minimum atomic E-state index is -0.613. The summed E-state index contributed by atoms with van der Waals surface area (Å²) in [6.07, 6.45) is 9.19. The number of pyridine rings is 1. The van der Waals surface area contributed by atoms with E-state index >= 15 is 0 Å². The first-order valence-electron chi connectivity index (χ1n) is 9.25. The molecule has 0 saturated heterocycles. The summed E-state index contributed by atoms with van der Waals surface area (Å²) in [6, 6.07) is 7.50. The summed E-state index contributed by atoms with van der Waals surface area (Å²) < 4.78 is 16.5. The number of hydrogen-bond acceptors (Lipinski definition) is 4. The second-order valence-corrected chi connectivity index (χ2v) is 7.17. The summed E-state index contributed by atoms with van der Waals surface area (Å²) in [5.41, 5.74) is 1.36. The van der Waals surface area contributed by atoms with Gasteiger partial charge in [0.05, 0.1) is 18.5 Å². The van der Waals surface area contributed by atoms with Gasteiger partial charge in [0.2, 0.25) is 0 Å². The molecule has 1 aliphatic carbocycles. The Hall–Kier alpha value is -3.06. The van der Waals surface area contributed by atoms with Gasteiger partial charge in [-0.1, -0.05) is 6.07 Å². The molecule has 3 aromatic rings. The minimum absolute atomic E-state index is 0.237. The zero-order chi connectivity index (χ0) is 19.5. The van der Waals surface area contributed by atoms with Gasteiger partial charge >= 0.3 is 0 Å². The van der Waals surface area contributed by atoms with Crippen molar-refractivity contribution in [1.82, 2.24) is 19.9 Å². The predicted molar refractivity (Wildman–Crippen MR) is 102 cm³/mol. The molecule has 0 aliphatic heterocycles. The average molecular weight is 380 g/mol. The molecule has 6 nitrogen and oxygen atoms in total. The molecule has 0 radical (unpaired) electrons. The summed E-state index contributed by atoms with van der Waals surface area (Å²) in [5.74, 6) is -0.600. The third-order valence-electron chi connectivity index (χ3n) is 5.19. The number of aromatic nitrogens is 3. The van der Waals surface area contributed by atoms with E-state index in [-0.39, 0.29) is 23.4 Å². The molecular formula is C21H21FN4O2. The average Bonchev–Trinajstić information content (AvgIpc) is 3.32. The molecule has 1 aromatic carbocycles. The zero-order valence-electron chi connectivity index (χ0n) is 15.2. The number of nitrogens with one attached hydrogen (secondary N) is 1. The Morgan fingerprint density at radius 3 is 2.71 bits per heavy atom. The van der Waals surface area contributed by atoms with E-state index in [4.69, 9.17) is 0 Å². The van der Waals surface area contributed by atoms with Gasteiger partial charge in [-0.2, -0.15) is 0 Å². The van der Waals surface area contributed by atoms with Crippen LogP contribution < -0.4 is 5.32 Å². The van der Waals surface area contributed by atoms with Crippen LogP contribution in [0.1, 0.15) is 23.2 Å². The molecule has 3 atom stereocenters. The van der Waals surface area contributed by atoms with Crippen LogP contribution in [-0.2, 0) is 6.54 Å². The number of nitrogens with zero attached hydrogens (tertiary/aromatic N) is 3. The molecule has 144 valence electrons. The van der Waals surface area contributed by atoms with E-state index in [9.17, 15) is 14.3 Å². The fourth-order valence-electron chi connectivity index (χ4n) is 3.79. The number of imidazole rings is 1. The van der Waals surface area contributed by atoms with Gasteiger partial charge in [0.15, 0.2) is 0 Å². The molecule has 1 saturated carbocycles. The lowest BCUT2D eigenvalue weighted by Crippen LogP contribution is -2.39. The van der Waals surface area contributed by atoms with Gasteiger partial charge in [0, 0.05) is 42.5 Å². The van der Waals surface area contributed by atoms with Crippen molar-refractivity contribution in [2.45, 2.75) is 31.5 Å². The van der Waals surface area contributed by atoms with E-state index in [2.05, 4.69) is 15.3 Å². The number of aliphatic hydroxyl groups excluding tert-OH is 1. The van der Waals surface area contributed by atoms with Crippen LogP contribution in [0.3, 0.4) is 0 Å². The first-order chi connectivity index (χ1) is 13.6. The molecule has 1 fully saturated rings. The number of aliphatic hydroxyl groups is 1. The van der Waals surface area contributed by atoms with Gasteiger partial charge in [0.1, 0.15) is 5.82 Å². The van der Waals surface area contributed by atoms with Crippen LogP contribution >= 0.6 is 0 Å². The zero-order valence-corrected chi connectivity index (χ0v) is 15.2. The van der Waals surface area contributed by atoms with Crippen LogP contribution in [0.25, 0.3) is 11.1 Å². The number of amides is 1. The molecule has 1 unspecified atom stereocenters. The maximum absolute atomic E-state index is 14.5. The maximum Gasteiger partial charge on any atom is 0.251 e. The number of halogens is 1. The van der Waals surface area contributed by atoms with E-state index in [0.717, 1.165) is 6.54 Å². The molecule has 0 bridgehead atoms. The van der Waals surface area contributed by atoms with E-state index in [1.807, 2.05) is 10.8 Å². The van der Waals surface area contributed by atoms with Crippen molar-refractivity contribution < 1.29 is 14.3 Å². The quantitative estimate of drug-likeness (QED) is 0.713. The molecule has 28 heavy (non-hydrogen) atoms. The standard InChI is InChI=1S/C21H21FN4O2/c22-18-11-16(1-2-17(18)15-3-5-23-6-4-15)21(28)25-19-9-14(10-20(19)27)12-26-8-7-24-13-26/h1-8,11,13-14,19-20,27H,9-10,12H2,(H,25,28)/t14?,19-,20-/m1/s1. The summed E-state index contributed by atoms with van der Waals surface area (Å²) in [6.45, 7) is 0.749. The fraction of sp³-hybridized carbons (Fsp3) is 0.286. The smallest absolute Gasteiger partial charge is 0.251 e. The number of carbonyl (C=O) groups is 1. The second kappa shape index (κ2) is 7.90. The molecule has 2 N–H and O–H groups in total. The highest BCUT2D eigenvalue weighted by Gasteiger charge is 2.34. The van der Waals surface area contributed by atoms with Crippen molar-refractivity contribution in [3.63, 3.8) is 0 Å². The topological polar surface area (TPSA) is 80.0 Å². The number of carbonyl (C=O) groups excluding carboxylic acids is 1. The van der Waals surface area contributed by atoms with Crippen LogP contribution in [-0.4, -0.2) is 37.7 Å². The van der Waals surface area contributed by atoms with E-state index < -0.39 is 11.9 Å². The number of benzene rings is 1. The Bertz CT molecular complexity index is 946. The third kappa shape index (κ3) is 3.94. The molecule has 1 amide bonds. The van der Waals surface area contributed by atoms with Gasteiger partial charge in [-0.15, -0.1) is 0 Å². The van der Waals surface area contributed by atoms with Gasteiger partial charge in [-0.05, 0) is 48.6 Å². The van der Waals surface area contributed by atoms with Gasteiger partial charge < -0.3 is 15.0 Å². The first-order valence-corrected chi connectivity index (χ1v) is 9.25. The third-order valence-corrected chi connectivity index (χ3v) is 5.19. The highest BCUT2D eigenvalue weighted by Crippen LogP contribution is 2.28. The lowest BCUT2D eigenvalue weighted by atomic mass is 10.0. The van der Waals surface area contributed by atoms with Crippen LogP contribution in [0.4, 0.5) is 4.39 Å². The minimum Gasteiger partial charge on any atom is -0.391 e. The molecule has 4 rings (SSSR count). The van der Waals surface area contributed by atoms with Crippen LogP contribution in [0.2, 0.25) is 0 Å². The molecule has 2 aromatic heterocycles. The second-order valence-electron chi connectivity index (χ2n) is 7.17. The van der Waals surface area contributed by atoms with E-state index in [1.165, 1.54) is 6.07 Å². The highest BCUT2D eigenvalue weighted by atomic mass is 19.1. The summed E-state index contributed by atoms with van der Waals surface area (Å²) in [5, 5.41) is 13.2. The Balaban J connectivity index is 1.41. The molecular weight excluding hydrogens is 359 g/mol. The van der Waals surface area contributed by atoms with E-state index in [0.29, 0.717) is 24.0 Å². The number of hydrogen-bond donors (Lipinski definition) is 2. The van der Waals surface area contributed by atoms with Gasteiger partial charge in [0.25, 0.3) is 5.91 Å². The first kappa shape index (κ1) is 18.3. The van der Waals surface area contributed by atoms with Crippen molar-refractivity contribution in [2.24, 2.45) is 5.92 Å². The lowest BCUT2D eigenvalue weighted by Gasteiger charge is -2.17. The van der Waals surface area contributed by atoms with Crippen molar-refractivity contribution in [3.05, 3.63) is 72.8 Å². The Morgan fingerprint density at radius 1 is 1.18 bits per heavy atom. The Kier molecular flexibility index (Phi) is 5.16. The Labute approximate surface area is 162 Å². The van der Waals surface area contributed by atoms with Crippen LogP contribution in [0, 0.1) is 11.7 Å². The highest BCUT2D eigenvalue weighted by molar-refractivity contribution is 5.95. The van der Waals surface area contributed by atoms with Crippen LogP contribution in [0.5, 0.6) is 0 Å². The van der Waals surface area contributed by atoms with Crippen LogP contribution in [0.15, 0.2) is 61.4 Å². The largest absolute Gasteiger partial charge is 0.391 e. The van der Waals surface area contributed by atoms with Crippen molar-refractivity contribution >= 4 is 5.91 Å². The summed E-state index contributed by atoms with van der Waals surface area (Å²) in [4.78, 5) is 20.5.